The second-order valence-corrected chi connectivity index (χ2v) is 6.61. The summed E-state index contributed by atoms with van der Waals surface area (Å²) >= 11 is 0. The van der Waals surface area contributed by atoms with Gasteiger partial charge in [0.05, 0.1) is 12.2 Å². The number of aromatic nitrogens is 1. The van der Waals surface area contributed by atoms with Gasteiger partial charge in [-0.3, -0.25) is 4.98 Å². The molecule has 29 heavy (non-hydrogen) atoms. The quantitative estimate of drug-likeness (QED) is 0.261. The first-order valence-electron chi connectivity index (χ1n) is 9.89. The van der Waals surface area contributed by atoms with Gasteiger partial charge in [-0.25, -0.2) is 4.99 Å². The molecule has 0 spiro atoms. The van der Waals surface area contributed by atoms with Gasteiger partial charge < -0.3 is 10.6 Å². The lowest BCUT2D eigenvalue weighted by atomic mass is 9.88. The monoisotopic (exact) mass is 500 g/mol. The van der Waals surface area contributed by atoms with Gasteiger partial charge in [-0.05, 0) is 36.6 Å². The van der Waals surface area contributed by atoms with E-state index < -0.39 is 0 Å². The summed E-state index contributed by atoms with van der Waals surface area (Å²) in [4.78, 5) is 8.99. The topological polar surface area (TPSA) is 49.3 Å². The van der Waals surface area contributed by atoms with Crippen LogP contribution in [-0.2, 0) is 6.54 Å². The fourth-order valence-corrected chi connectivity index (χ4v) is 3.22. The minimum atomic E-state index is 0. The molecule has 0 aliphatic carbocycles. The molecule has 0 amide bonds. The Morgan fingerprint density at radius 3 is 2.03 bits per heavy atom. The number of benzene rings is 2. The molecule has 3 rings (SSSR count). The average Bonchev–Trinajstić information content (AvgIpc) is 2.77. The van der Waals surface area contributed by atoms with E-state index in [4.69, 9.17) is 0 Å². The van der Waals surface area contributed by atoms with E-state index in [1.54, 1.807) is 6.20 Å². The van der Waals surface area contributed by atoms with Crippen molar-refractivity contribution in [2.45, 2.75) is 25.8 Å². The summed E-state index contributed by atoms with van der Waals surface area (Å²) in [5.41, 5.74) is 3.64. The van der Waals surface area contributed by atoms with E-state index in [2.05, 4.69) is 88.2 Å². The van der Waals surface area contributed by atoms with Crippen molar-refractivity contribution in [3.05, 3.63) is 102 Å². The Hall–Kier alpha value is -2.41. The third kappa shape index (κ3) is 7.49. The van der Waals surface area contributed by atoms with Crippen LogP contribution < -0.4 is 10.6 Å². The smallest absolute Gasteiger partial charge is 0.191 e. The molecule has 2 N–H and O–H groups in total. The summed E-state index contributed by atoms with van der Waals surface area (Å²) < 4.78 is 0. The Kier molecular flexibility index (Phi) is 10.2. The predicted octanol–water partition coefficient (Wildman–Crippen LogP) is 4.98. The summed E-state index contributed by atoms with van der Waals surface area (Å²) in [5.74, 6) is 1.18. The maximum absolute atomic E-state index is 4.66. The number of nitrogens with one attached hydrogen (secondary N) is 2. The maximum Gasteiger partial charge on any atom is 0.191 e. The van der Waals surface area contributed by atoms with Crippen LogP contribution in [-0.4, -0.2) is 24.0 Å². The fourth-order valence-electron chi connectivity index (χ4n) is 3.22. The molecule has 0 saturated heterocycles. The zero-order valence-electron chi connectivity index (χ0n) is 16.8. The van der Waals surface area contributed by atoms with Gasteiger partial charge in [-0.2, -0.15) is 0 Å². The fraction of sp³-hybridized carbons (Fsp3) is 0.250. The highest BCUT2D eigenvalue weighted by atomic mass is 127. The third-order valence-electron chi connectivity index (χ3n) is 4.60. The molecule has 1 aromatic heterocycles. The van der Waals surface area contributed by atoms with E-state index >= 15 is 0 Å². The standard InChI is InChI=1S/C24H28N4.HI/c1-2-25-24(28-19-22-15-9-10-17-26-22)27-18-16-23(20-11-5-3-6-12-20)21-13-7-4-8-14-21;/h3-15,17,23H,2,16,18-19H2,1H3,(H2,25,27,28);1H. The zero-order valence-corrected chi connectivity index (χ0v) is 19.1. The number of hydrogen-bond donors (Lipinski definition) is 2. The lowest BCUT2D eigenvalue weighted by Crippen LogP contribution is -2.38. The molecule has 152 valence electrons. The molecule has 4 nitrogen and oxygen atoms in total. The van der Waals surface area contributed by atoms with Crippen molar-refractivity contribution in [1.29, 1.82) is 0 Å². The summed E-state index contributed by atoms with van der Waals surface area (Å²) in [7, 11) is 0. The number of pyridine rings is 1. The molecule has 0 fully saturated rings. The minimum Gasteiger partial charge on any atom is -0.357 e. The van der Waals surface area contributed by atoms with Crippen LogP contribution in [0.2, 0.25) is 0 Å². The Morgan fingerprint density at radius 2 is 1.48 bits per heavy atom. The summed E-state index contributed by atoms with van der Waals surface area (Å²) in [6.07, 6.45) is 2.79. The molecule has 3 aromatic rings. The Balaban J connectivity index is 0.00000300. The van der Waals surface area contributed by atoms with Gasteiger partial charge in [0.25, 0.3) is 0 Å². The molecule has 0 aliphatic rings. The van der Waals surface area contributed by atoms with Gasteiger partial charge in [0.1, 0.15) is 0 Å². The van der Waals surface area contributed by atoms with Crippen LogP contribution in [0.25, 0.3) is 0 Å². The molecule has 2 aromatic carbocycles. The molecule has 1 heterocycles. The second kappa shape index (κ2) is 12.9. The molecule has 0 atom stereocenters. The normalized spacial score (nSPS) is 11.0. The van der Waals surface area contributed by atoms with E-state index in [9.17, 15) is 0 Å². The van der Waals surface area contributed by atoms with Gasteiger partial charge in [0.15, 0.2) is 5.96 Å². The molecule has 0 unspecified atom stereocenters. The Morgan fingerprint density at radius 1 is 0.862 bits per heavy atom. The second-order valence-electron chi connectivity index (χ2n) is 6.61. The van der Waals surface area contributed by atoms with Crippen LogP contribution in [0.4, 0.5) is 0 Å². The number of nitrogens with zero attached hydrogens (tertiary/aromatic N) is 2. The van der Waals surface area contributed by atoms with Crippen LogP contribution in [0.3, 0.4) is 0 Å². The predicted molar refractivity (Wildman–Crippen MR) is 132 cm³/mol. The molecule has 0 saturated carbocycles. The van der Waals surface area contributed by atoms with Crippen LogP contribution in [0, 0.1) is 0 Å². The van der Waals surface area contributed by atoms with Crippen LogP contribution in [0.15, 0.2) is 90.1 Å². The van der Waals surface area contributed by atoms with E-state index in [-0.39, 0.29) is 24.0 Å². The van der Waals surface area contributed by atoms with E-state index in [0.717, 1.165) is 31.2 Å². The van der Waals surface area contributed by atoms with Crippen molar-refractivity contribution in [1.82, 2.24) is 15.6 Å². The molecule has 5 heteroatoms. The van der Waals surface area contributed by atoms with Crippen LogP contribution in [0.1, 0.15) is 36.1 Å². The number of rotatable bonds is 8. The summed E-state index contributed by atoms with van der Waals surface area (Å²) in [6.45, 7) is 4.31. The summed E-state index contributed by atoms with van der Waals surface area (Å²) in [6, 6.07) is 27.3. The van der Waals surface area contributed by atoms with Crippen molar-refractivity contribution >= 4 is 29.9 Å². The molecular weight excluding hydrogens is 471 g/mol. The number of halogens is 1. The largest absolute Gasteiger partial charge is 0.357 e. The van der Waals surface area contributed by atoms with Crippen molar-refractivity contribution < 1.29 is 0 Å². The first kappa shape index (κ1) is 22.9. The highest BCUT2D eigenvalue weighted by Crippen LogP contribution is 2.27. The SMILES string of the molecule is CCNC(=NCc1ccccn1)NCCC(c1ccccc1)c1ccccc1.I. The first-order chi connectivity index (χ1) is 13.9. The van der Waals surface area contributed by atoms with Crippen LogP contribution in [0.5, 0.6) is 0 Å². The van der Waals surface area contributed by atoms with Gasteiger partial charge in [-0.15, -0.1) is 24.0 Å². The summed E-state index contributed by atoms with van der Waals surface area (Å²) in [5, 5.41) is 6.79. The van der Waals surface area contributed by atoms with E-state index in [0.29, 0.717) is 12.5 Å². The highest BCUT2D eigenvalue weighted by molar-refractivity contribution is 14.0. The minimum absolute atomic E-state index is 0. The molecule has 0 aliphatic heterocycles. The van der Waals surface area contributed by atoms with E-state index in [1.165, 1.54) is 11.1 Å². The van der Waals surface area contributed by atoms with Crippen molar-refractivity contribution in [3.8, 4) is 0 Å². The van der Waals surface area contributed by atoms with Gasteiger partial charge >= 0.3 is 0 Å². The van der Waals surface area contributed by atoms with Gasteiger partial charge in [-0.1, -0.05) is 66.7 Å². The first-order valence-corrected chi connectivity index (χ1v) is 9.89. The van der Waals surface area contributed by atoms with Crippen LogP contribution >= 0.6 is 24.0 Å². The molecule has 0 radical (unpaired) electrons. The lowest BCUT2D eigenvalue weighted by Gasteiger charge is -2.19. The van der Waals surface area contributed by atoms with E-state index in [1.807, 2.05) is 18.2 Å². The number of aliphatic imine (C=N–C) groups is 1. The highest BCUT2D eigenvalue weighted by Gasteiger charge is 2.13. The number of guanidine groups is 1. The van der Waals surface area contributed by atoms with Gasteiger partial charge in [0, 0.05) is 25.2 Å². The molecular formula is C24H29IN4. The zero-order chi connectivity index (χ0) is 19.4. The Labute approximate surface area is 190 Å². The number of hydrogen-bond acceptors (Lipinski definition) is 2. The molecule has 0 bridgehead atoms. The van der Waals surface area contributed by atoms with Gasteiger partial charge in [0.2, 0.25) is 0 Å². The van der Waals surface area contributed by atoms with Crippen molar-refractivity contribution in [2.24, 2.45) is 4.99 Å². The maximum atomic E-state index is 4.66. The lowest BCUT2D eigenvalue weighted by molar-refractivity contribution is 0.679. The van der Waals surface area contributed by atoms with Crippen molar-refractivity contribution in [3.63, 3.8) is 0 Å². The third-order valence-corrected chi connectivity index (χ3v) is 4.60. The Bertz CT molecular complexity index is 799. The average molecular weight is 500 g/mol. The van der Waals surface area contributed by atoms with Crippen molar-refractivity contribution in [2.75, 3.05) is 13.1 Å².